The molecule has 1 aliphatic carbocycles. The van der Waals surface area contributed by atoms with Gasteiger partial charge in [-0.1, -0.05) is 6.07 Å². The Labute approximate surface area is 126 Å². The van der Waals surface area contributed by atoms with Gasteiger partial charge in [0.2, 0.25) is 5.91 Å². The van der Waals surface area contributed by atoms with Gasteiger partial charge in [-0.15, -0.1) is 0 Å². The number of esters is 1. The van der Waals surface area contributed by atoms with Crippen LogP contribution in [0.25, 0.3) is 0 Å². The van der Waals surface area contributed by atoms with Crippen LogP contribution in [0.2, 0.25) is 0 Å². The molecular weight excluding hydrogens is 282 g/mol. The lowest BCUT2D eigenvalue weighted by atomic mass is 9.79. The van der Waals surface area contributed by atoms with E-state index in [1.54, 1.807) is 18.5 Å². The number of hydrogen-bond donors (Lipinski definition) is 1. The molecule has 2 aliphatic rings. The van der Waals surface area contributed by atoms with Crippen LogP contribution in [0.4, 0.5) is 5.82 Å². The fourth-order valence-corrected chi connectivity index (χ4v) is 3.37. The van der Waals surface area contributed by atoms with Crippen LogP contribution in [0.1, 0.15) is 27.2 Å². The summed E-state index contributed by atoms with van der Waals surface area (Å²) >= 11 is 0. The summed E-state index contributed by atoms with van der Waals surface area (Å²) in [7, 11) is 1.32. The maximum absolute atomic E-state index is 12.5. The van der Waals surface area contributed by atoms with Crippen LogP contribution in [0, 0.1) is 0 Å². The van der Waals surface area contributed by atoms with E-state index < -0.39 is 11.4 Å². The predicted octanol–water partition coefficient (Wildman–Crippen LogP) is 1.25. The monoisotopic (exact) mass is 295 g/mol. The summed E-state index contributed by atoms with van der Waals surface area (Å²) in [6.07, 6.45) is 4.44. The zero-order chi connectivity index (χ0) is 15.3. The molecule has 2 aromatic rings. The van der Waals surface area contributed by atoms with Crippen molar-refractivity contribution in [2.75, 3.05) is 12.4 Å². The molecule has 0 radical (unpaired) electrons. The minimum absolute atomic E-state index is 0.0444. The number of fused-ring (bicyclic) bond motifs is 3. The quantitative estimate of drug-likeness (QED) is 0.801. The number of nitrogens with zero attached hydrogens (tertiary/aromatic N) is 2. The second-order valence-electron chi connectivity index (χ2n) is 5.62. The minimum atomic E-state index is -0.637. The molecule has 0 unspecified atom stereocenters. The summed E-state index contributed by atoms with van der Waals surface area (Å²) in [5.41, 5.74) is 2.49. The Hall–Kier alpha value is -2.76. The van der Waals surface area contributed by atoms with Crippen LogP contribution in [0.3, 0.4) is 0 Å². The fourth-order valence-electron chi connectivity index (χ4n) is 3.37. The molecule has 1 N–H and O–H groups in total. The second kappa shape index (κ2) is 4.37. The molecular formula is C16H13N3O3. The minimum Gasteiger partial charge on any atom is -0.464 e. The van der Waals surface area contributed by atoms with Gasteiger partial charge in [-0.3, -0.25) is 4.79 Å². The lowest BCUT2D eigenvalue weighted by Gasteiger charge is -2.20. The number of rotatable bonds is 1. The molecule has 3 heterocycles. The maximum Gasteiger partial charge on any atom is 0.356 e. The van der Waals surface area contributed by atoms with Crippen molar-refractivity contribution in [1.29, 1.82) is 0 Å². The van der Waals surface area contributed by atoms with Gasteiger partial charge in [-0.25, -0.2) is 14.8 Å². The molecule has 1 atom stereocenters. The summed E-state index contributed by atoms with van der Waals surface area (Å²) in [5, 5.41) is 2.85. The Bertz CT molecular complexity index is 818. The average Bonchev–Trinajstić information content (AvgIpc) is 3.05. The van der Waals surface area contributed by atoms with Crippen molar-refractivity contribution in [3.05, 3.63) is 53.0 Å². The van der Waals surface area contributed by atoms with Gasteiger partial charge in [0.15, 0.2) is 0 Å². The topological polar surface area (TPSA) is 81.2 Å². The van der Waals surface area contributed by atoms with Crippen LogP contribution >= 0.6 is 0 Å². The highest BCUT2D eigenvalue weighted by Crippen LogP contribution is 2.46. The molecule has 6 heteroatoms. The van der Waals surface area contributed by atoms with E-state index >= 15 is 0 Å². The van der Waals surface area contributed by atoms with Gasteiger partial charge in [-0.2, -0.15) is 0 Å². The van der Waals surface area contributed by atoms with Crippen molar-refractivity contribution in [3.63, 3.8) is 0 Å². The van der Waals surface area contributed by atoms with Crippen LogP contribution in [0.15, 0.2) is 30.6 Å². The number of carbonyl (C=O) groups is 2. The van der Waals surface area contributed by atoms with Crippen LogP contribution < -0.4 is 5.32 Å². The first-order valence-corrected chi connectivity index (χ1v) is 6.97. The molecule has 110 valence electrons. The highest BCUT2D eigenvalue weighted by molar-refractivity contribution is 6.06. The largest absolute Gasteiger partial charge is 0.464 e. The Morgan fingerprint density at radius 2 is 2.14 bits per heavy atom. The lowest BCUT2D eigenvalue weighted by Crippen LogP contribution is -2.35. The Morgan fingerprint density at radius 3 is 2.95 bits per heavy atom. The Kier molecular flexibility index (Phi) is 2.57. The zero-order valence-electron chi connectivity index (χ0n) is 11.9. The SMILES string of the molecule is COC(=O)c1cc2c(cn1)C[C@]1(C2)C(=O)Nc2ncccc21. The van der Waals surface area contributed by atoms with Gasteiger partial charge in [-0.05, 0) is 36.1 Å². The van der Waals surface area contributed by atoms with Gasteiger partial charge in [0, 0.05) is 18.0 Å². The zero-order valence-corrected chi connectivity index (χ0v) is 11.9. The van der Waals surface area contributed by atoms with Crippen molar-refractivity contribution in [2.45, 2.75) is 18.3 Å². The lowest BCUT2D eigenvalue weighted by molar-refractivity contribution is -0.120. The summed E-state index contributed by atoms with van der Waals surface area (Å²) in [5.74, 6) is 0.111. The van der Waals surface area contributed by atoms with Gasteiger partial charge in [0.05, 0.1) is 12.5 Å². The van der Waals surface area contributed by atoms with Gasteiger partial charge < -0.3 is 10.1 Å². The summed E-state index contributed by atoms with van der Waals surface area (Å²) in [4.78, 5) is 32.5. The molecule has 0 saturated heterocycles. The number of hydrogen-bond acceptors (Lipinski definition) is 5. The van der Waals surface area contributed by atoms with E-state index in [0.717, 1.165) is 16.7 Å². The van der Waals surface area contributed by atoms with E-state index in [9.17, 15) is 9.59 Å². The highest BCUT2D eigenvalue weighted by Gasteiger charge is 2.51. The van der Waals surface area contributed by atoms with E-state index in [2.05, 4.69) is 15.3 Å². The highest BCUT2D eigenvalue weighted by atomic mass is 16.5. The number of ether oxygens (including phenoxy) is 1. The molecule has 0 fully saturated rings. The van der Waals surface area contributed by atoms with E-state index in [0.29, 0.717) is 18.7 Å². The molecule has 1 spiro atoms. The number of aromatic nitrogens is 2. The third kappa shape index (κ3) is 1.60. The Balaban J connectivity index is 1.79. The predicted molar refractivity (Wildman–Crippen MR) is 77.5 cm³/mol. The van der Waals surface area contributed by atoms with Crippen LogP contribution in [0.5, 0.6) is 0 Å². The van der Waals surface area contributed by atoms with E-state index in [4.69, 9.17) is 4.74 Å². The van der Waals surface area contributed by atoms with Crippen LogP contribution in [-0.2, 0) is 27.8 Å². The maximum atomic E-state index is 12.5. The van der Waals surface area contributed by atoms with Gasteiger partial charge in [0.25, 0.3) is 0 Å². The van der Waals surface area contributed by atoms with Crippen molar-refractivity contribution >= 4 is 17.7 Å². The number of anilines is 1. The first-order valence-electron chi connectivity index (χ1n) is 6.97. The number of methoxy groups -OCH3 is 1. The van der Waals surface area contributed by atoms with Crippen molar-refractivity contribution in [3.8, 4) is 0 Å². The molecule has 1 amide bonds. The number of pyridine rings is 2. The van der Waals surface area contributed by atoms with E-state index in [1.807, 2.05) is 12.1 Å². The first-order chi connectivity index (χ1) is 10.6. The molecule has 2 aromatic heterocycles. The first kappa shape index (κ1) is 12.9. The van der Waals surface area contributed by atoms with Crippen molar-refractivity contribution in [2.24, 2.45) is 0 Å². The normalized spacial score (nSPS) is 21.4. The third-order valence-electron chi connectivity index (χ3n) is 4.45. The average molecular weight is 295 g/mol. The van der Waals surface area contributed by atoms with Crippen LogP contribution in [-0.4, -0.2) is 29.0 Å². The molecule has 4 rings (SSSR count). The number of carbonyl (C=O) groups excluding carboxylic acids is 2. The second-order valence-corrected chi connectivity index (χ2v) is 5.62. The molecule has 0 bridgehead atoms. The van der Waals surface area contributed by atoms with E-state index in [-0.39, 0.29) is 11.6 Å². The third-order valence-corrected chi connectivity index (χ3v) is 4.45. The molecule has 22 heavy (non-hydrogen) atoms. The van der Waals surface area contributed by atoms with E-state index in [1.165, 1.54) is 7.11 Å². The summed E-state index contributed by atoms with van der Waals surface area (Å²) < 4.78 is 4.70. The summed E-state index contributed by atoms with van der Waals surface area (Å²) in [6, 6.07) is 5.49. The standard InChI is InChI=1S/C16H13N3O3/c1-22-14(20)12-5-9-6-16(7-10(9)8-18-12)11-3-2-4-17-13(11)19-15(16)21/h2-5,8H,6-7H2,1H3,(H,17,19,21)/t16-/m0/s1. The van der Waals surface area contributed by atoms with Gasteiger partial charge in [0.1, 0.15) is 11.5 Å². The fraction of sp³-hybridized carbons (Fsp3) is 0.250. The number of nitrogens with one attached hydrogen (secondary N) is 1. The Morgan fingerprint density at radius 1 is 1.32 bits per heavy atom. The summed E-state index contributed by atoms with van der Waals surface area (Å²) in [6.45, 7) is 0. The van der Waals surface area contributed by atoms with Crippen molar-refractivity contribution in [1.82, 2.24) is 9.97 Å². The smallest absolute Gasteiger partial charge is 0.356 e. The van der Waals surface area contributed by atoms with Gasteiger partial charge >= 0.3 is 5.97 Å². The van der Waals surface area contributed by atoms with Crippen molar-refractivity contribution < 1.29 is 14.3 Å². The molecule has 0 aromatic carbocycles. The number of amides is 1. The molecule has 6 nitrogen and oxygen atoms in total. The molecule has 0 saturated carbocycles. The molecule has 1 aliphatic heterocycles.